The van der Waals surface area contributed by atoms with Crippen LogP contribution in [0, 0.1) is 0 Å². The van der Waals surface area contributed by atoms with Crippen LogP contribution in [-0.4, -0.2) is 45.2 Å². The van der Waals surface area contributed by atoms with Crippen LogP contribution in [0.5, 0.6) is 0 Å². The van der Waals surface area contributed by atoms with Crippen LogP contribution in [0.25, 0.3) is 5.65 Å². The van der Waals surface area contributed by atoms with E-state index in [9.17, 15) is 4.79 Å². The van der Waals surface area contributed by atoms with Gasteiger partial charge in [0.1, 0.15) is 11.6 Å². The molecule has 26 heavy (non-hydrogen) atoms. The molecule has 7 nitrogen and oxygen atoms in total. The van der Waals surface area contributed by atoms with Gasteiger partial charge in [-0.05, 0) is 44.0 Å². The normalized spacial score (nSPS) is 17.4. The van der Waals surface area contributed by atoms with Gasteiger partial charge in [0.25, 0.3) is 0 Å². The van der Waals surface area contributed by atoms with Gasteiger partial charge in [0, 0.05) is 31.4 Å². The molecular weight excluding hydrogens is 330 g/mol. The van der Waals surface area contributed by atoms with Crippen LogP contribution in [0.4, 0.5) is 5.82 Å². The number of carbonyl (C=O) groups excluding carboxylic acids is 1. The molecule has 3 aromatic rings. The average molecular weight is 351 g/mol. The van der Waals surface area contributed by atoms with Crippen molar-refractivity contribution in [1.82, 2.24) is 19.6 Å². The SMILES string of the molecule is CCOC(=O)c1ccc(N2CCCC(c3nnc4ccccn34)C2)nc1. The monoisotopic (exact) mass is 351 g/mol. The molecule has 0 aliphatic carbocycles. The third-order valence-corrected chi connectivity index (χ3v) is 4.71. The smallest absolute Gasteiger partial charge is 0.339 e. The number of hydrogen-bond donors (Lipinski definition) is 0. The van der Waals surface area contributed by atoms with Crippen molar-refractivity contribution in [3.05, 3.63) is 54.1 Å². The Labute approximate surface area is 151 Å². The van der Waals surface area contributed by atoms with Crippen molar-refractivity contribution in [2.45, 2.75) is 25.7 Å². The van der Waals surface area contributed by atoms with Crippen LogP contribution in [0.1, 0.15) is 41.9 Å². The first-order valence-electron chi connectivity index (χ1n) is 8.94. The summed E-state index contributed by atoms with van der Waals surface area (Å²) in [5, 5.41) is 8.68. The Hall–Kier alpha value is -2.96. The van der Waals surface area contributed by atoms with Gasteiger partial charge in [-0.3, -0.25) is 4.40 Å². The van der Waals surface area contributed by atoms with Crippen molar-refractivity contribution < 1.29 is 9.53 Å². The number of fused-ring (bicyclic) bond motifs is 1. The van der Waals surface area contributed by atoms with Crippen molar-refractivity contribution in [3.63, 3.8) is 0 Å². The zero-order valence-corrected chi connectivity index (χ0v) is 14.7. The Morgan fingerprint density at radius 1 is 1.27 bits per heavy atom. The minimum Gasteiger partial charge on any atom is -0.462 e. The molecular formula is C19H21N5O2. The van der Waals surface area contributed by atoms with E-state index in [0.29, 0.717) is 18.1 Å². The van der Waals surface area contributed by atoms with Crippen LogP contribution < -0.4 is 4.90 Å². The quantitative estimate of drug-likeness (QED) is 0.673. The summed E-state index contributed by atoms with van der Waals surface area (Å²) < 4.78 is 7.07. The molecule has 1 aliphatic rings. The number of piperidine rings is 1. The number of rotatable bonds is 4. The summed E-state index contributed by atoms with van der Waals surface area (Å²) in [5.41, 5.74) is 1.35. The number of nitrogens with zero attached hydrogens (tertiary/aromatic N) is 5. The summed E-state index contributed by atoms with van der Waals surface area (Å²) in [7, 11) is 0. The van der Waals surface area contributed by atoms with E-state index in [2.05, 4.69) is 24.5 Å². The maximum atomic E-state index is 11.8. The van der Waals surface area contributed by atoms with E-state index in [1.54, 1.807) is 19.2 Å². The summed E-state index contributed by atoms with van der Waals surface area (Å²) in [4.78, 5) is 18.5. The van der Waals surface area contributed by atoms with E-state index < -0.39 is 0 Å². The molecule has 0 N–H and O–H groups in total. The zero-order valence-electron chi connectivity index (χ0n) is 14.7. The van der Waals surface area contributed by atoms with E-state index in [1.807, 2.05) is 30.5 Å². The lowest BCUT2D eigenvalue weighted by molar-refractivity contribution is 0.0526. The highest BCUT2D eigenvalue weighted by Gasteiger charge is 2.26. The largest absolute Gasteiger partial charge is 0.462 e. The molecule has 1 unspecified atom stereocenters. The molecule has 134 valence electrons. The molecule has 0 aromatic carbocycles. The highest BCUT2D eigenvalue weighted by Crippen LogP contribution is 2.28. The van der Waals surface area contributed by atoms with Crippen molar-refractivity contribution >= 4 is 17.4 Å². The lowest BCUT2D eigenvalue weighted by Crippen LogP contribution is -2.35. The van der Waals surface area contributed by atoms with Crippen molar-refractivity contribution in [1.29, 1.82) is 0 Å². The summed E-state index contributed by atoms with van der Waals surface area (Å²) in [5.74, 6) is 1.83. The predicted molar refractivity (Wildman–Crippen MR) is 97.4 cm³/mol. The summed E-state index contributed by atoms with van der Waals surface area (Å²) in [6.07, 6.45) is 5.74. The van der Waals surface area contributed by atoms with Gasteiger partial charge in [-0.25, -0.2) is 9.78 Å². The van der Waals surface area contributed by atoms with Crippen molar-refractivity contribution in [3.8, 4) is 0 Å². The van der Waals surface area contributed by atoms with Crippen molar-refractivity contribution in [2.75, 3.05) is 24.6 Å². The van der Waals surface area contributed by atoms with Gasteiger partial charge < -0.3 is 9.64 Å². The maximum Gasteiger partial charge on any atom is 0.339 e. The fraction of sp³-hybridized carbons (Fsp3) is 0.368. The fourth-order valence-electron chi connectivity index (χ4n) is 3.44. The number of aromatic nitrogens is 4. The first-order chi connectivity index (χ1) is 12.8. The first kappa shape index (κ1) is 16.5. The molecule has 1 atom stereocenters. The van der Waals surface area contributed by atoms with Crippen LogP contribution in [0.3, 0.4) is 0 Å². The molecule has 0 radical (unpaired) electrons. The fourth-order valence-corrected chi connectivity index (χ4v) is 3.44. The average Bonchev–Trinajstić information content (AvgIpc) is 3.13. The number of hydrogen-bond acceptors (Lipinski definition) is 6. The first-order valence-corrected chi connectivity index (χ1v) is 8.94. The van der Waals surface area contributed by atoms with Gasteiger partial charge in [0.15, 0.2) is 5.65 Å². The molecule has 1 fully saturated rings. The zero-order chi connectivity index (χ0) is 17.9. The molecule has 4 heterocycles. The van der Waals surface area contributed by atoms with Gasteiger partial charge in [-0.2, -0.15) is 0 Å². The molecule has 0 saturated carbocycles. The molecule has 7 heteroatoms. The van der Waals surface area contributed by atoms with E-state index in [4.69, 9.17) is 4.74 Å². The number of esters is 1. The second kappa shape index (κ2) is 7.11. The summed E-state index contributed by atoms with van der Waals surface area (Å²) in [6.45, 7) is 3.93. The van der Waals surface area contributed by atoms with E-state index >= 15 is 0 Å². The second-order valence-electron chi connectivity index (χ2n) is 6.40. The highest BCUT2D eigenvalue weighted by molar-refractivity contribution is 5.89. The van der Waals surface area contributed by atoms with Gasteiger partial charge in [0.05, 0.1) is 12.2 Å². The third-order valence-electron chi connectivity index (χ3n) is 4.71. The molecule has 0 amide bonds. The summed E-state index contributed by atoms with van der Waals surface area (Å²) >= 11 is 0. The van der Waals surface area contributed by atoms with Gasteiger partial charge >= 0.3 is 5.97 Å². The number of pyridine rings is 2. The van der Waals surface area contributed by atoms with Gasteiger partial charge in [-0.1, -0.05) is 6.07 Å². The topological polar surface area (TPSA) is 72.6 Å². The second-order valence-corrected chi connectivity index (χ2v) is 6.40. The summed E-state index contributed by atoms with van der Waals surface area (Å²) in [6, 6.07) is 9.59. The van der Waals surface area contributed by atoms with Gasteiger partial charge in [0.2, 0.25) is 0 Å². The molecule has 0 bridgehead atoms. The Balaban J connectivity index is 1.52. The lowest BCUT2D eigenvalue weighted by atomic mass is 9.97. The van der Waals surface area contributed by atoms with Crippen LogP contribution >= 0.6 is 0 Å². The standard InChI is InChI=1S/C19H21N5O2/c1-2-26-19(25)14-8-9-16(20-12-14)23-10-5-6-15(13-23)18-22-21-17-7-3-4-11-24(17)18/h3-4,7-9,11-12,15H,2,5-6,10,13H2,1H3. The molecule has 0 spiro atoms. The minimum atomic E-state index is -0.335. The van der Waals surface area contributed by atoms with E-state index in [1.165, 1.54) is 0 Å². The Morgan fingerprint density at radius 3 is 3.00 bits per heavy atom. The highest BCUT2D eigenvalue weighted by atomic mass is 16.5. The Bertz CT molecular complexity index is 906. The minimum absolute atomic E-state index is 0.299. The van der Waals surface area contributed by atoms with Crippen LogP contribution in [0.15, 0.2) is 42.7 Å². The van der Waals surface area contributed by atoms with Crippen LogP contribution in [-0.2, 0) is 4.74 Å². The van der Waals surface area contributed by atoms with Gasteiger partial charge in [-0.15, -0.1) is 10.2 Å². The third kappa shape index (κ3) is 3.12. The molecule has 1 saturated heterocycles. The molecule has 4 rings (SSSR count). The van der Waals surface area contributed by atoms with Crippen LogP contribution in [0.2, 0.25) is 0 Å². The van der Waals surface area contributed by atoms with Crippen molar-refractivity contribution in [2.24, 2.45) is 0 Å². The maximum absolute atomic E-state index is 11.8. The Morgan fingerprint density at radius 2 is 2.19 bits per heavy atom. The molecule has 1 aliphatic heterocycles. The number of ether oxygens (including phenoxy) is 1. The van der Waals surface area contributed by atoms with E-state index in [-0.39, 0.29) is 5.97 Å². The Kier molecular flexibility index (Phi) is 4.51. The van der Waals surface area contributed by atoms with E-state index in [0.717, 1.165) is 43.2 Å². The number of carbonyl (C=O) groups is 1. The number of anilines is 1. The lowest BCUT2D eigenvalue weighted by Gasteiger charge is -2.32. The predicted octanol–water partition coefficient (Wildman–Crippen LogP) is 2.69. The molecule has 3 aromatic heterocycles.